The smallest absolute Gasteiger partial charge is 0.229 e. The highest BCUT2D eigenvalue weighted by atomic mass is 35.5. The maximum Gasteiger partial charge on any atom is 0.229 e. The summed E-state index contributed by atoms with van der Waals surface area (Å²) in [6.45, 7) is -0.378. The topological polar surface area (TPSA) is 136 Å². The number of benzene rings is 2. The molecule has 1 aliphatic rings. The second-order valence-corrected chi connectivity index (χ2v) is 10.8. The number of anilines is 1. The number of thioether (sulfide) groups is 1. The van der Waals surface area contributed by atoms with Crippen LogP contribution in [0.5, 0.6) is 5.75 Å². The minimum absolute atomic E-state index is 0.378. The van der Waals surface area contributed by atoms with Gasteiger partial charge in [0.25, 0.3) is 0 Å². The van der Waals surface area contributed by atoms with Crippen LogP contribution in [0.4, 0.5) is 5.69 Å². The van der Waals surface area contributed by atoms with Crippen molar-refractivity contribution >= 4 is 39.1 Å². The van der Waals surface area contributed by atoms with Crippen LogP contribution in [0.15, 0.2) is 42.5 Å². The molecule has 3 rings (SSSR count). The van der Waals surface area contributed by atoms with Crippen molar-refractivity contribution in [2.45, 2.75) is 35.4 Å². The molecule has 1 saturated heterocycles. The average molecular weight is 490 g/mol. The molecule has 0 saturated carbocycles. The first-order valence-corrected chi connectivity index (χ1v) is 12.6. The number of ether oxygens (including phenoxy) is 1. The first-order valence-electron chi connectivity index (χ1n) is 9.39. The Morgan fingerprint density at radius 1 is 1.06 bits per heavy atom. The molecule has 5 unspecified atom stereocenters. The number of sulfonamides is 1. The first-order chi connectivity index (χ1) is 14.6. The quantitative estimate of drug-likeness (QED) is 0.391. The summed E-state index contributed by atoms with van der Waals surface area (Å²) in [5, 5.41) is 39.6. The molecule has 2 aromatic rings. The maximum atomic E-state index is 11.3. The standard InChI is InChI=1S/C20H24ClNO7S2/c1-31(27,28)22-14-5-2-11(3-6-14)8-12-9-13(21)4-7-15(12)29-20-19(26)18(25)17(24)16(10-23)30-20/h2-7,9,16-20,22-26H,8,10H2,1H3. The van der Waals surface area contributed by atoms with E-state index in [0.717, 1.165) is 23.6 Å². The Bertz CT molecular complexity index is 1000. The summed E-state index contributed by atoms with van der Waals surface area (Å²) >= 11 is 7.19. The SMILES string of the molecule is CS(=O)(=O)Nc1ccc(Cc2cc(Cl)ccc2OC2SC(CO)C(O)C(O)C2O)cc1. The van der Waals surface area contributed by atoms with Crippen LogP contribution in [0.3, 0.4) is 0 Å². The van der Waals surface area contributed by atoms with E-state index in [1.165, 1.54) is 0 Å². The second-order valence-electron chi connectivity index (χ2n) is 7.32. The summed E-state index contributed by atoms with van der Waals surface area (Å²) in [5.41, 5.74) is 1.12. The van der Waals surface area contributed by atoms with Crippen molar-refractivity contribution in [3.8, 4) is 5.75 Å². The molecule has 0 radical (unpaired) electrons. The summed E-state index contributed by atoms with van der Waals surface area (Å²) in [7, 11) is -3.37. The molecular formula is C20H24ClNO7S2. The number of hydrogen-bond donors (Lipinski definition) is 5. The molecule has 1 heterocycles. The first kappa shape index (κ1) is 24.1. The van der Waals surface area contributed by atoms with Gasteiger partial charge in [0.1, 0.15) is 18.0 Å². The highest BCUT2D eigenvalue weighted by molar-refractivity contribution is 8.00. The van der Waals surface area contributed by atoms with Gasteiger partial charge in [0.15, 0.2) is 5.44 Å². The summed E-state index contributed by atoms with van der Waals surface area (Å²) in [6.07, 6.45) is -2.59. The summed E-state index contributed by atoms with van der Waals surface area (Å²) in [4.78, 5) is 0. The van der Waals surface area contributed by atoms with Crippen molar-refractivity contribution in [3.05, 3.63) is 58.6 Å². The van der Waals surface area contributed by atoms with Crippen molar-refractivity contribution in [3.63, 3.8) is 0 Å². The van der Waals surface area contributed by atoms with Gasteiger partial charge in [0.2, 0.25) is 10.0 Å². The number of rotatable bonds is 7. The maximum absolute atomic E-state index is 11.3. The molecule has 1 fully saturated rings. The van der Waals surface area contributed by atoms with Crippen molar-refractivity contribution in [1.82, 2.24) is 0 Å². The monoisotopic (exact) mass is 489 g/mol. The van der Waals surface area contributed by atoms with E-state index < -0.39 is 39.0 Å². The van der Waals surface area contributed by atoms with E-state index in [0.29, 0.717) is 28.4 Å². The van der Waals surface area contributed by atoms with E-state index in [2.05, 4.69) is 4.72 Å². The van der Waals surface area contributed by atoms with Crippen LogP contribution < -0.4 is 9.46 Å². The zero-order chi connectivity index (χ0) is 22.8. The van der Waals surface area contributed by atoms with Gasteiger partial charge >= 0.3 is 0 Å². The fraction of sp³-hybridized carbons (Fsp3) is 0.400. The van der Waals surface area contributed by atoms with Crippen molar-refractivity contribution < 1.29 is 33.6 Å². The Kier molecular flexibility index (Phi) is 7.74. The van der Waals surface area contributed by atoms with Gasteiger partial charge in [-0.1, -0.05) is 23.7 Å². The molecular weight excluding hydrogens is 466 g/mol. The van der Waals surface area contributed by atoms with Gasteiger partial charge in [-0.25, -0.2) is 8.42 Å². The molecule has 0 aliphatic carbocycles. The average Bonchev–Trinajstić information content (AvgIpc) is 2.70. The minimum atomic E-state index is -3.37. The van der Waals surface area contributed by atoms with Crippen LogP contribution in [0.2, 0.25) is 5.02 Å². The van der Waals surface area contributed by atoms with Crippen molar-refractivity contribution in [2.24, 2.45) is 0 Å². The third-order valence-electron chi connectivity index (χ3n) is 4.77. The van der Waals surface area contributed by atoms with Crippen LogP contribution in [-0.4, -0.2) is 70.7 Å². The molecule has 11 heteroatoms. The Hall–Kier alpha value is -1.53. The lowest BCUT2D eigenvalue weighted by Crippen LogP contribution is -2.55. The Morgan fingerprint density at radius 3 is 2.35 bits per heavy atom. The van der Waals surface area contributed by atoms with Gasteiger partial charge in [0, 0.05) is 22.7 Å². The van der Waals surface area contributed by atoms with Crippen LogP contribution in [0.25, 0.3) is 0 Å². The van der Waals surface area contributed by atoms with Crippen LogP contribution in [-0.2, 0) is 16.4 Å². The molecule has 5 N–H and O–H groups in total. The molecule has 0 spiro atoms. The predicted molar refractivity (Wildman–Crippen MR) is 120 cm³/mol. The van der Waals surface area contributed by atoms with Crippen LogP contribution in [0.1, 0.15) is 11.1 Å². The van der Waals surface area contributed by atoms with Gasteiger partial charge in [0.05, 0.1) is 24.2 Å². The Morgan fingerprint density at radius 2 is 1.74 bits per heavy atom. The van der Waals surface area contributed by atoms with Crippen molar-refractivity contribution in [1.29, 1.82) is 0 Å². The fourth-order valence-electron chi connectivity index (χ4n) is 3.22. The minimum Gasteiger partial charge on any atom is -0.477 e. The van der Waals surface area contributed by atoms with Gasteiger partial charge in [-0.2, -0.15) is 0 Å². The number of hydrogen-bond acceptors (Lipinski definition) is 8. The molecule has 2 aromatic carbocycles. The molecule has 0 bridgehead atoms. The van der Waals surface area contributed by atoms with Gasteiger partial charge < -0.3 is 25.2 Å². The molecule has 1 aliphatic heterocycles. The summed E-state index contributed by atoms with van der Waals surface area (Å²) in [5.74, 6) is 0.430. The number of nitrogens with one attached hydrogen (secondary N) is 1. The molecule has 31 heavy (non-hydrogen) atoms. The Balaban J connectivity index is 1.79. The van der Waals surface area contributed by atoms with E-state index >= 15 is 0 Å². The van der Waals surface area contributed by atoms with E-state index in [-0.39, 0.29) is 6.61 Å². The normalized spacial score (nSPS) is 26.5. The number of halogens is 1. The van der Waals surface area contributed by atoms with Crippen molar-refractivity contribution in [2.75, 3.05) is 17.6 Å². The lowest BCUT2D eigenvalue weighted by molar-refractivity contribution is -0.0910. The van der Waals surface area contributed by atoms with E-state index in [1.807, 2.05) is 0 Å². The van der Waals surface area contributed by atoms with Gasteiger partial charge in [-0.15, -0.1) is 11.8 Å². The summed E-state index contributed by atoms with van der Waals surface area (Å²) in [6, 6.07) is 11.8. The third kappa shape index (κ3) is 6.26. The number of aliphatic hydroxyl groups excluding tert-OH is 4. The van der Waals surface area contributed by atoms with E-state index in [9.17, 15) is 28.8 Å². The summed E-state index contributed by atoms with van der Waals surface area (Å²) < 4.78 is 31.0. The third-order valence-corrected chi connectivity index (χ3v) is 7.03. The number of aliphatic hydroxyl groups is 4. The molecule has 5 atom stereocenters. The lowest BCUT2D eigenvalue weighted by Gasteiger charge is -2.39. The largest absolute Gasteiger partial charge is 0.477 e. The van der Waals surface area contributed by atoms with Gasteiger partial charge in [-0.3, -0.25) is 4.72 Å². The molecule has 0 aromatic heterocycles. The van der Waals surface area contributed by atoms with Crippen LogP contribution in [0, 0.1) is 0 Å². The lowest BCUT2D eigenvalue weighted by atomic mass is 10.0. The molecule has 170 valence electrons. The van der Waals surface area contributed by atoms with Crippen LogP contribution >= 0.6 is 23.4 Å². The predicted octanol–water partition coefficient (Wildman–Crippen LogP) is 1.20. The van der Waals surface area contributed by atoms with Gasteiger partial charge in [-0.05, 0) is 35.9 Å². The molecule has 8 nitrogen and oxygen atoms in total. The van der Waals surface area contributed by atoms with E-state index in [1.54, 1.807) is 42.5 Å². The highest BCUT2D eigenvalue weighted by Gasteiger charge is 2.44. The Labute approximate surface area is 189 Å². The second kappa shape index (κ2) is 9.95. The van der Waals surface area contributed by atoms with E-state index in [4.69, 9.17) is 16.3 Å². The molecule has 0 amide bonds. The fourth-order valence-corrected chi connectivity index (χ4v) is 5.21. The zero-order valence-corrected chi connectivity index (χ0v) is 18.9. The highest BCUT2D eigenvalue weighted by Crippen LogP contribution is 2.36. The zero-order valence-electron chi connectivity index (χ0n) is 16.6.